The summed E-state index contributed by atoms with van der Waals surface area (Å²) in [5.74, 6) is 1.83. The number of hydrogen-bond donors (Lipinski definition) is 2. The molecule has 0 aliphatic carbocycles. The van der Waals surface area contributed by atoms with Gasteiger partial charge in [0.1, 0.15) is 6.61 Å². The Morgan fingerprint density at radius 2 is 1.92 bits per heavy atom. The van der Waals surface area contributed by atoms with Crippen LogP contribution in [-0.4, -0.2) is 27.7 Å². The number of nitrogens with zero attached hydrogens (tertiary/aromatic N) is 3. The first-order chi connectivity index (χ1) is 11.8. The topological polar surface area (TPSA) is 85.0 Å². The van der Waals surface area contributed by atoms with Crippen molar-refractivity contribution in [1.29, 1.82) is 0 Å². The minimum Gasteiger partial charge on any atom is -0.493 e. The third-order valence-corrected chi connectivity index (χ3v) is 3.70. The van der Waals surface area contributed by atoms with Crippen LogP contribution in [0.25, 0.3) is 0 Å². The number of tetrazole rings is 1. The maximum absolute atomic E-state index is 6.07. The molecule has 0 bridgehead atoms. The monoisotopic (exact) mass is 325 g/mol. The molecule has 1 aromatic heterocycles. The first kappa shape index (κ1) is 15.8. The van der Waals surface area contributed by atoms with E-state index in [4.69, 9.17) is 9.47 Å². The molecule has 24 heavy (non-hydrogen) atoms. The molecular weight excluding hydrogens is 306 g/mol. The number of aromatic nitrogens is 4. The number of hydrogen-bond acceptors (Lipinski definition) is 6. The lowest BCUT2D eigenvalue weighted by Crippen LogP contribution is -2.06. The highest BCUT2D eigenvalue weighted by atomic mass is 16.5. The molecule has 0 saturated carbocycles. The molecule has 3 aromatic rings. The van der Waals surface area contributed by atoms with Crippen molar-refractivity contribution in [3.05, 3.63) is 59.2 Å². The number of aromatic amines is 1. The molecule has 124 valence electrons. The van der Waals surface area contributed by atoms with Crippen LogP contribution >= 0.6 is 0 Å². The number of rotatable bonds is 7. The summed E-state index contributed by atoms with van der Waals surface area (Å²) in [6.45, 7) is 3.04. The molecule has 0 aliphatic heterocycles. The van der Waals surface area contributed by atoms with Crippen molar-refractivity contribution in [2.75, 3.05) is 12.4 Å². The van der Waals surface area contributed by atoms with Gasteiger partial charge in [-0.3, -0.25) is 0 Å². The first-order valence-electron chi connectivity index (χ1n) is 7.58. The number of methoxy groups -OCH3 is 1. The summed E-state index contributed by atoms with van der Waals surface area (Å²) < 4.78 is 11.5. The zero-order valence-corrected chi connectivity index (χ0v) is 13.6. The molecule has 0 amide bonds. The molecule has 0 spiro atoms. The van der Waals surface area contributed by atoms with Crippen LogP contribution in [0.1, 0.15) is 16.7 Å². The van der Waals surface area contributed by atoms with Crippen LogP contribution in [-0.2, 0) is 13.2 Å². The molecule has 0 fully saturated rings. The fraction of sp³-hybridized carbons (Fsp3) is 0.235. The molecule has 0 radical (unpaired) electrons. The van der Waals surface area contributed by atoms with Gasteiger partial charge >= 0.3 is 0 Å². The highest BCUT2D eigenvalue weighted by Gasteiger charge is 2.12. The van der Waals surface area contributed by atoms with Crippen molar-refractivity contribution >= 4 is 5.95 Å². The quantitative estimate of drug-likeness (QED) is 0.695. The number of ether oxygens (including phenoxy) is 2. The number of H-pyrrole nitrogens is 1. The second kappa shape index (κ2) is 7.45. The van der Waals surface area contributed by atoms with Crippen LogP contribution in [0.3, 0.4) is 0 Å². The zero-order chi connectivity index (χ0) is 16.8. The van der Waals surface area contributed by atoms with Gasteiger partial charge in [0.2, 0.25) is 0 Å². The highest BCUT2D eigenvalue weighted by molar-refractivity contribution is 5.48. The van der Waals surface area contributed by atoms with Gasteiger partial charge in [-0.15, -0.1) is 5.10 Å². The molecule has 0 aliphatic rings. The van der Waals surface area contributed by atoms with E-state index in [1.807, 2.05) is 30.3 Å². The lowest BCUT2D eigenvalue weighted by molar-refractivity contribution is 0.281. The molecule has 0 unspecified atom stereocenters. The van der Waals surface area contributed by atoms with Gasteiger partial charge in [-0.2, -0.15) is 5.21 Å². The van der Waals surface area contributed by atoms with Gasteiger partial charge in [-0.25, -0.2) is 0 Å². The van der Waals surface area contributed by atoms with E-state index in [9.17, 15) is 0 Å². The van der Waals surface area contributed by atoms with Crippen LogP contribution in [0.4, 0.5) is 5.95 Å². The van der Waals surface area contributed by atoms with Gasteiger partial charge in [-0.05, 0) is 29.3 Å². The Balaban J connectivity index is 1.78. The molecule has 0 atom stereocenters. The molecule has 0 saturated heterocycles. The van der Waals surface area contributed by atoms with Gasteiger partial charge < -0.3 is 14.8 Å². The Labute approximate surface area is 140 Å². The van der Waals surface area contributed by atoms with Crippen molar-refractivity contribution in [3.8, 4) is 11.5 Å². The van der Waals surface area contributed by atoms with E-state index < -0.39 is 0 Å². The molecule has 2 aromatic carbocycles. The average Bonchev–Trinajstić information content (AvgIpc) is 3.13. The average molecular weight is 325 g/mol. The van der Waals surface area contributed by atoms with E-state index in [2.05, 4.69) is 45.0 Å². The normalized spacial score (nSPS) is 10.4. The van der Waals surface area contributed by atoms with E-state index >= 15 is 0 Å². The van der Waals surface area contributed by atoms with E-state index in [1.54, 1.807) is 7.11 Å². The summed E-state index contributed by atoms with van der Waals surface area (Å²) in [5.41, 5.74) is 3.28. The van der Waals surface area contributed by atoms with Gasteiger partial charge in [0, 0.05) is 12.1 Å². The number of aryl methyl sites for hydroxylation is 1. The van der Waals surface area contributed by atoms with Crippen molar-refractivity contribution in [2.24, 2.45) is 0 Å². The second-order valence-corrected chi connectivity index (χ2v) is 5.25. The van der Waals surface area contributed by atoms with Crippen LogP contribution in [0.15, 0.2) is 42.5 Å². The Bertz CT molecular complexity index is 789. The minimum atomic E-state index is 0.433. The summed E-state index contributed by atoms with van der Waals surface area (Å²) in [7, 11) is 1.63. The predicted molar refractivity (Wildman–Crippen MR) is 90.0 cm³/mol. The maximum atomic E-state index is 6.07. The number of anilines is 1. The third kappa shape index (κ3) is 3.62. The highest BCUT2D eigenvalue weighted by Crippen LogP contribution is 2.32. The fourth-order valence-corrected chi connectivity index (χ4v) is 2.36. The standard InChI is InChI=1S/C17H19N5O2/c1-12-6-3-4-7-14(12)11-24-16-13(8-5-9-15(16)23-2)10-18-17-19-21-22-20-17/h3-9H,10-11H2,1-2H3,(H2,18,19,20,21,22). The van der Waals surface area contributed by atoms with Gasteiger partial charge in [-0.1, -0.05) is 41.5 Å². The number of para-hydroxylation sites is 1. The lowest BCUT2D eigenvalue weighted by Gasteiger charge is -2.16. The van der Waals surface area contributed by atoms with E-state index in [0.717, 1.165) is 11.1 Å². The Morgan fingerprint density at radius 1 is 1.08 bits per heavy atom. The maximum Gasteiger partial charge on any atom is 0.263 e. The van der Waals surface area contributed by atoms with Crippen LogP contribution < -0.4 is 14.8 Å². The Kier molecular flexibility index (Phi) is 4.90. The van der Waals surface area contributed by atoms with Crippen molar-refractivity contribution in [1.82, 2.24) is 20.6 Å². The predicted octanol–water partition coefficient (Wildman–Crippen LogP) is 2.71. The Morgan fingerprint density at radius 3 is 2.67 bits per heavy atom. The van der Waals surface area contributed by atoms with E-state index in [1.165, 1.54) is 5.56 Å². The van der Waals surface area contributed by atoms with Crippen molar-refractivity contribution in [3.63, 3.8) is 0 Å². The summed E-state index contributed by atoms with van der Waals surface area (Å²) in [5, 5.41) is 16.8. The Hall–Kier alpha value is -3.09. The first-order valence-corrected chi connectivity index (χ1v) is 7.58. The van der Waals surface area contributed by atoms with Crippen LogP contribution in [0, 0.1) is 6.92 Å². The van der Waals surface area contributed by atoms with Crippen LogP contribution in [0.2, 0.25) is 0 Å². The van der Waals surface area contributed by atoms with Crippen LogP contribution in [0.5, 0.6) is 11.5 Å². The summed E-state index contributed by atoms with van der Waals surface area (Å²) in [4.78, 5) is 0. The SMILES string of the molecule is COc1cccc(CNc2nn[nH]n2)c1OCc1ccccc1C. The molecule has 2 N–H and O–H groups in total. The molecule has 7 heteroatoms. The summed E-state index contributed by atoms with van der Waals surface area (Å²) >= 11 is 0. The van der Waals surface area contributed by atoms with E-state index in [-0.39, 0.29) is 0 Å². The largest absolute Gasteiger partial charge is 0.493 e. The zero-order valence-electron chi connectivity index (χ0n) is 13.6. The fourth-order valence-electron chi connectivity index (χ4n) is 2.36. The molecule has 3 rings (SSSR count). The smallest absolute Gasteiger partial charge is 0.263 e. The number of benzene rings is 2. The van der Waals surface area contributed by atoms with Gasteiger partial charge in [0.25, 0.3) is 5.95 Å². The van der Waals surface area contributed by atoms with Crippen molar-refractivity contribution < 1.29 is 9.47 Å². The minimum absolute atomic E-state index is 0.433. The van der Waals surface area contributed by atoms with Crippen molar-refractivity contribution in [2.45, 2.75) is 20.1 Å². The third-order valence-electron chi connectivity index (χ3n) is 3.70. The molecular formula is C17H19N5O2. The lowest BCUT2D eigenvalue weighted by atomic mass is 10.1. The summed E-state index contributed by atoms with van der Waals surface area (Å²) in [6, 6.07) is 13.9. The summed E-state index contributed by atoms with van der Waals surface area (Å²) in [6.07, 6.45) is 0. The van der Waals surface area contributed by atoms with E-state index in [0.29, 0.717) is 30.6 Å². The molecule has 7 nitrogen and oxygen atoms in total. The molecule has 1 heterocycles. The number of nitrogens with one attached hydrogen (secondary N) is 2. The van der Waals surface area contributed by atoms with Gasteiger partial charge in [0.15, 0.2) is 11.5 Å². The second-order valence-electron chi connectivity index (χ2n) is 5.25. The van der Waals surface area contributed by atoms with Gasteiger partial charge in [0.05, 0.1) is 7.11 Å².